The summed E-state index contributed by atoms with van der Waals surface area (Å²) in [5.74, 6) is 0. The first kappa shape index (κ1) is 16.4. The van der Waals surface area contributed by atoms with Crippen molar-refractivity contribution in [3.8, 4) is 11.3 Å². The number of morpholine rings is 1. The standard InChI is InChI=1S/C18H23N5O/c1-19-14-20-4-2-15-3-5-22-18(10-15)16-11-17(13-21-12-16)23-6-8-24-9-7-23/h3,5,10-14H,2,4,6-9H2,1H3,(H,19,20). The molecule has 126 valence electrons. The van der Waals surface area contributed by atoms with Gasteiger partial charge in [0.25, 0.3) is 0 Å². The number of hydrogen-bond acceptors (Lipinski definition) is 5. The lowest BCUT2D eigenvalue weighted by atomic mass is 10.1. The molecule has 24 heavy (non-hydrogen) atoms. The molecule has 0 unspecified atom stereocenters. The van der Waals surface area contributed by atoms with E-state index < -0.39 is 0 Å². The molecule has 1 saturated heterocycles. The van der Waals surface area contributed by atoms with Crippen LogP contribution in [0.15, 0.2) is 41.8 Å². The van der Waals surface area contributed by atoms with Gasteiger partial charge in [-0.1, -0.05) is 0 Å². The fourth-order valence-electron chi connectivity index (χ4n) is 2.72. The second-order valence-electron chi connectivity index (χ2n) is 5.67. The Kier molecular flexibility index (Phi) is 5.74. The molecule has 2 aromatic heterocycles. The number of nitrogens with one attached hydrogen (secondary N) is 1. The largest absolute Gasteiger partial charge is 0.378 e. The van der Waals surface area contributed by atoms with E-state index in [0.29, 0.717) is 0 Å². The van der Waals surface area contributed by atoms with Crippen molar-refractivity contribution in [3.63, 3.8) is 0 Å². The summed E-state index contributed by atoms with van der Waals surface area (Å²) in [5, 5.41) is 3.15. The van der Waals surface area contributed by atoms with Crippen LogP contribution in [0.3, 0.4) is 0 Å². The Morgan fingerprint density at radius 1 is 1.29 bits per heavy atom. The number of pyridine rings is 2. The maximum absolute atomic E-state index is 5.42. The second-order valence-corrected chi connectivity index (χ2v) is 5.67. The maximum Gasteiger partial charge on any atom is 0.0820 e. The Labute approximate surface area is 142 Å². The molecular formula is C18H23N5O. The molecule has 6 nitrogen and oxygen atoms in total. The van der Waals surface area contributed by atoms with Crippen LogP contribution in [-0.4, -0.2) is 56.2 Å². The molecule has 0 radical (unpaired) electrons. The zero-order valence-electron chi connectivity index (χ0n) is 14.0. The molecule has 1 aliphatic heterocycles. The molecule has 3 heterocycles. The fraction of sp³-hybridized carbons (Fsp3) is 0.389. The van der Waals surface area contributed by atoms with Gasteiger partial charge in [0, 0.05) is 44.6 Å². The van der Waals surface area contributed by atoms with Gasteiger partial charge in [-0.05, 0) is 30.2 Å². The van der Waals surface area contributed by atoms with Gasteiger partial charge in [-0.2, -0.15) is 0 Å². The number of nitrogens with zero attached hydrogens (tertiary/aromatic N) is 4. The van der Waals surface area contributed by atoms with Crippen LogP contribution in [0.25, 0.3) is 11.3 Å². The number of hydrogen-bond donors (Lipinski definition) is 1. The number of aromatic nitrogens is 2. The van der Waals surface area contributed by atoms with E-state index in [1.165, 1.54) is 5.56 Å². The van der Waals surface area contributed by atoms with E-state index in [2.05, 4.69) is 37.3 Å². The van der Waals surface area contributed by atoms with Crippen molar-refractivity contribution in [2.45, 2.75) is 6.42 Å². The highest BCUT2D eigenvalue weighted by Crippen LogP contribution is 2.23. The van der Waals surface area contributed by atoms with Crippen LogP contribution >= 0.6 is 0 Å². The first-order chi connectivity index (χ1) is 11.9. The Morgan fingerprint density at radius 2 is 2.17 bits per heavy atom. The summed E-state index contributed by atoms with van der Waals surface area (Å²) in [6.45, 7) is 4.21. The molecule has 1 N–H and O–H groups in total. The topological polar surface area (TPSA) is 62.6 Å². The van der Waals surface area contributed by atoms with E-state index in [9.17, 15) is 0 Å². The van der Waals surface area contributed by atoms with E-state index in [0.717, 1.165) is 56.2 Å². The third-order valence-electron chi connectivity index (χ3n) is 4.00. The molecule has 6 heteroatoms. The summed E-state index contributed by atoms with van der Waals surface area (Å²) in [7, 11) is 1.76. The fourth-order valence-corrected chi connectivity index (χ4v) is 2.72. The van der Waals surface area contributed by atoms with Crippen molar-refractivity contribution in [3.05, 3.63) is 42.4 Å². The molecule has 0 amide bonds. The third-order valence-corrected chi connectivity index (χ3v) is 4.00. The van der Waals surface area contributed by atoms with Crippen LogP contribution < -0.4 is 10.2 Å². The van der Waals surface area contributed by atoms with Crippen LogP contribution in [0.4, 0.5) is 5.69 Å². The van der Waals surface area contributed by atoms with Crippen molar-refractivity contribution in [2.75, 3.05) is 44.8 Å². The van der Waals surface area contributed by atoms with E-state index in [1.807, 2.05) is 24.7 Å². The lowest BCUT2D eigenvalue weighted by molar-refractivity contribution is 0.122. The number of aliphatic imine (C=N–C) groups is 1. The van der Waals surface area contributed by atoms with Crippen LogP contribution in [0.1, 0.15) is 5.56 Å². The third kappa shape index (κ3) is 4.29. The van der Waals surface area contributed by atoms with Gasteiger partial charge >= 0.3 is 0 Å². The Bertz CT molecular complexity index is 683. The molecule has 0 saturated carbocycles. The first-order valence-corrected chi connectivity index (χ1v) is 8.24. The molecule has 0 aromatic carbocycles. The van der Waals surface area contributed by atoms with E-state index in [4.69, 9.17) is 4.74 Å². The Hall–Kier alpha value is -2.47. The molecule has 1 fully saturated rings. The quantitative estimate of drug-likeness (QED) is 0.498. The molecule has 0 spiro atoms. The summed E-state index contributed by atoms with van der Waals surface area (Å²) in [6.07, 6.45) is 8.29. The Balaban J connectivity index is 1.73. The summed E-state index contributed by atoms with van der Waals surface area (Å²) in [5.41, 5.74) is 4.38. The van der Waals surface area contributed by atoms with Crippen molar-refractivity contribution in [1.82, 2.24) is 15.3 Å². The highest BCUT2D eigenvalue weighted by atomic mass is 16.5. The van der Waals surface area contributed by atoms with Gasteiger partial charge in [-0.3, -0.25) is 15.0 Å². The highest BCUT2D eigenvalue weighted by Gasteiger charge is 2.12. The molecule has 2 aromatic rings. The SMILES string of the molecule is C/N=C/NCCc1ccnc(-c2cncc(N3CCOCC3)c2)c1. The van der Waals surface area contributed by atoms with Gasteiger partial charge in [0.05, 0.1) is 37.1 Å². The van der Waals surface area contributed by atoms with E-state index >= 15 is 0 Å². The summed E-state index contributed by atoms with van der Waals surface area (Å²) >= 11 is 0. The van der Waals surface area contributed by atoms with Crippen LogP contribution in [-0.2, 0) is 11.2 Å². The average Bonchev–Trinajstić information content (AvgIpc) is 2.66. The van der Waals surface area contributed by atoms with Crippen molar-refractivity contribution in [2.24, 2.45) is 4.99 Å². The lowest BCUT2D eigenvalue weighted by Gasteiger charge is -2.28. The van der Waals surface area contributed by atoms with Crippen LogP contribution in [0, 0.1) is 0 Å². The van der Waals surface area contributed by atoms with Gasteiger partial charge in [-0.15, -0.1) is 0 Å². The number of ether oxygens (including phenoxy) is 1. The van der Waals surface area contributed by atoms with E-state index in [1.54, 1.807) is 13.4 Å². The smallest absolute Gasteiger partial charge is 0.0820 e. The molecular weight excluding hydrogens is 302 g/mol. The highest BCUT2D eigenvalue weighted by molar-refractivity contribution is 5.64. The van der Waals surface area contributed by atoms with Gasteiger partial charge in [0.2, 0.25) is 0 Å². The summed E-state index contributed by atoms with van der Waals surface area (Å²) in [4.78, 5) is 15.1. The average molecular weight is 325 g/mol. The van der Waals surface area contributed by atoms with Gasteiger partial charge in [0.15, 0.2) is 0 Å². The minimum Gasteiger partial charge on any atom is -0.378 e. The van der Waals surface area contributed by atoms with Crippen molar-refractivity contribution in [1.29, 1.82) is 0 Å². The molecule has 0 bridgehead atoms. The number of rotatable bonds is 6. The zero-order chi connectivity index (χ0) is 16.6. The van der Waals surface area contributed by atoms with Gasteiger partial charge < -0.3 is 15.0 Å². The molecule has 1 aliphatic rings. The second kappa shape index (κ2) is 8.40. The van der Waals surface area contributed by atoms with Gasteiger partial charge in [0.1, 0.15) is 0 Å². The minimum atomic E-state index is 0.770. The van der Waals surface area contributed by atoms with Gasteiger partial charge in [-0.25, -0.2) is 0 Å². The molecule has 0 aliphatic carbocycles. The predicted molar refractivity (Wildman–Crippen MR) is 96.6 cm³/mol. The lowest BCUT2D eigenvalue weighted by Crippen LogP contribution is -2.36. The maximum atomic E-state index is 5.42. The van der Waals surface area contributed by atoms with Crippen LogP contribution in [0.5, 0.6) is 0 Å². The minimum absolute atomic E-state index is 0.770. The van der Waals surface area contributed by atoms with Crippen molar-refractivity contribution < 1.29 is 4.74 Å². The molecule has 0 atom stereocenters. The van der Waals surface area contributed by atoms with E-state index in [-0.39, 0.29) is 0 Å². The number of anilines is 1. The predicted octanol–water partition coefficient (Wildman–Crippen LogP) is 1.77. The Morgan fingerprint density at radius 3 is 3.00 bits per heavy atom. The zero-order valence-corrected chi connectivity index (χ0v) is 14.0. The first-order valence-electron chi connectivity index (χ1n) is 8.24. The van der Waals surface area contributed by atoms with Crippen LogP contribution in [0.2, 0.25) is 0 Å². The summed E-state index contributed by atoms with van der Waals surface area (Å²) in [6, 6.07) is 6.34. The van der Waals surface area contributed by atoms with Crippen molar-refractivity contribution >= 4 is 12.0 Å². The normalized spacial score (nSPS) is 15.0. The monoisotopic (exact) mass is 325 g/mol. The molecule has 3 rings (SSSR count). The summed E-state index contributed by atoms with van der Waals surface area (Å²) < 4.78 is 5.42.